The van der Waals surface area contributed by atoms with Gasteiger partial charge in [-0.25, -0.2) is 9.69 Å². The van der Waals surface area contributed by atoms with Gasteiger partial charge in [-0.1, -0.05) is 62.8 Å². The van der Waals surface area contributed by atoms with Crippen molar-refractivity contribution in [1.29, 1.82) is 0 Å². The minimum atomic E-state index is -0.819. The zero-order valence-electron chi connectivity index (χ0n) is 21.1. The SMILES string of the molecule is CCCCCCCCOc1ccc(/C=C2\C(=O)NC(=O)N(c3cc(Cl)ccc3C)C2=O)cc1OCC. The van der Waals surface area contributed by atoms with E-state index < -0.39 is 17.8 Å². The summed E-state index contributed by atoms with van der Waals surface area (Å²) in [5.41, 5.74) is 1.39. The molecule has 0 spiro atoms. The summed E-state index contributed by atoms with van der Waals surface area (Å²) in [6.45, 7) is 6.85. The highest BCUT2D eigenvalue weighted by molar-refractivity contribution is 6.39. The quantitative estimate of drug-likeness (QED) is 0.200. The number of nitrogens with one attached hydrogen (secondary N) is 1. The van der Waals surface area contributed by atoms with Crippen molar-refractivity contribution < 1.29 is 23.9 Å². The summed E-state index contributed by atoms with van der Waals surface area (Å²) in [5, 5.41) is 2.61. The van der Waals surface area contributed by atoms with Gasteiger partial charge in [0.1, 0.15) is 5.57 Å². The lowest BCUT2D eigenvalue weighted by Gasteiger charge is -2.27. The van der Waals surface area contributed by atoms with Crippen LogP contribution in [0.2, 0.25) is 5.02 Å². The number of nitrogens with zero attached hydrogens (tertiary/aromatic N) is 1. The van der Waals surface area contributed by atoms with Crippen LogP contribution >= 0.6 is 11.6 Å². The van der Waals surface area contributed by atoms with E-state index in [4.69, 9.17) is 21.1 Å². The van der Waals surface area contributed by atoms with E-state index in [1.807, 2.05) is 6.92 Å². The Morgan fingerprint density at radius 1 is 0.917 bits per heavy atom. The number of rotatable bonds is 12. The maximum Gasteiger partial charge on any atom is 0.335 e. The number of urea groups is 1. The highest BCUT2D eigenvalue weighted by Crippen LogP contribution is 2.31. The minimum Gasteiger partial charge on any atom is -0.490 e. The third kappa shape index (κ3) is 6.88. The van der Waals surface area contributed by atoms with Crippen LogP contribution in [0.1, 0.15) is 63.5 Å². The Morgan fingerprint density at radius 3 is 2.42 bits per heavy atom. The predicted molar refractivity (Wildman–Crippen MR) is 142 cm³/mol. The molecule has 0 unspecified atom stereocenters. The Hall–Kier alpha value is -3.32. The fourth-order valence-electron chi connectivity index (χ4n) is 3.93. The summed E-state index contributed by atoms with van der Waals surface area (Å²) < 4.78 is 11.7. The van der Waals surface area contributed by atoms with E-state index in [2.05, 4.69) is 12.2 Å². The molecular weight excluding hydrogens is 480 g/mol. The van der Waals surface area contributed by atoms with E-state index in [1.54, 1.807) is 37.3 Å². The molecule has 192 valence electrons. The first-order valence-corrected chi connectivity index (χ1v) is 12.8. The van der Waals surface area contributed by atoms with Gasteiger partial charge < -0.3 is 9.47 Å². The molecule has 0 aliphatic carbocycles. The molecule has 1 aliphatic rings. The smallest absolute Gasteiger partial charge is 0.335 e. The van der Waals surface area contributed by atoms with E-state index in [0.29, 0.717) is 46.5 Å². The average Bonchev–Trinajstić information content (AvgIpc) is 2.84. The second-order valence-corrected chi connectivity index (χ2v) is 9.08. The highest BCUT2D eigenvalue weighted by atomic mass is 35.5. The normalized spacial score (nSPS) is 14.8. The number of halogens is 1. The van der Waals surface area contributed by atoms with Gasteiger partial charge in [0.25, 0.3) is 11.8 Å². The minimum absolute atomic E-state index is 0.169. The number of aryl methyl sites for hydroxylation is 1. The van der Waals surface area contributed by atoms with Crippen molar-refractivity contribution in [3.8, 4) is 11.5 Å². The van der Waals surface area contributed by atoms with Crippen LogP contribution in [0.4, 0.5) is 10.5 Å². The molecule has 8 heteroatoms. The first-order chi connectivity index (χ1) is 17.3. The van der Waals surface area contributed by atoms with Crippen LogP contribution in [0.15, 0.2) is 42.0 Å². The summed E-state index contributed by atoms with van der Waals surface area (Å²) in [4.78, 5) is 39.3. The summed E-state index contributed by atoms with van der Waals surface area (Å²) >= 11 is 6.08. The van der Waals surface area contributed by atoms with Crippen LogP contribution in [0.25, 0.3) is 6.08 Å². The zero-order chi connectivity index (χ0) is 26.1. The average molecular weight is 513 g/mol. The van der Waals surface area contributed by atoms with Crippen molar-refractivity contribution in [3.63, 3.8) is 0 Å². The first kappa shape index (κ1) is 27.3. The molecule has 1 heterocycles. The molecule has 0 radical (unpaired) electrons. The van der Waals surface area contributed by atoms with E-state index in [1.165, 1.54) is 37.8 Å². The Morgan fingerprint density at radius 2 is 1.67 bits per heavy atom. The lowest BCUT2D eigenvalue weighted by molar-refractivity contribution is -0.122. The van der Waals surface area contributed by atoms with Crippen LogP contribution < -0.4 is 19.7 Å². The number of ether oxygens (including phenoxy) is 2. The summed E-state index contributed by atoms with van der Waals surface area (Å²) in [6, 6.07) is 9.31. The van der Waals surface area contributed by atoms with Crippen molar-refractivity contribution in [2.24, 2.45) is 0 Å². The number of amides is 4. The number of barbiturate groups is 1. The van der Waals surface area contributed by atoms with Crippen molar-refractivity contribution in [1.82, 2.24) is 5.32 Å². The molecule has 1 saturated heterocycles. The summed E-state index contributed by atoms with van der Waals surface area (Å²) in [7, 11) is 0. The van der Waals surface area contributed by atoms with Crippen LogP contribution in [0.5, 0.6) is 11.5 Å². The number of hydrogen-bond acceptors (Lipinski definition) is 5. The van der Waals surface area contributed by atoms with Gasteiger partial charge in [-0.2, -0.15) is 0 Å². The molecule has 0 aromatic heterocycles. The lowest BCUT2D eigenvalue weighted by atomic mass is 10.1. The number of hydrogen-bond donors (Lipinski definition) is 1. The van der Waals surface area contributed by atoms with E-state index in [0.717, 1.165) is 17.7 Å². The van der Waals surface area contributed by atoms with Gasteiger partial charge in [0.15, 0.2) is 11.5 Å². The van der Waals surface area contributed by atoms with Crippen molar-refractivity contribution in [3.05, 3.63) is 58.1 Å². The van der Waals surface area contributed by atoms with E-state index >= 15 is 0 Å². The second-order valence-electron chi connectivity index (χ2n) is 8.64. The Kier molecular flexibility index (Phi) is 9.94. The molecule has 0 saturated carbocycles. The van der Waals surface area contributed by atoms with E-state index in [-0.39, 0.29) is 5.57 Å². The maximum absolute atomic E-state index is 13.2. The summed E-state index contributed by atoms with van der Waals surface area (Å²) in [6.07, 6.45) is 8.45. The molecule has 1 fully saturated rings. The molecule has 7 nitrogen and oxygen atoms in total. The topological polar surface area (TPSA) is 84.9 Å². The molecule has 0 bridgehead atoms. The van der Waals surface area contributed by atoms with Crippen molar-refractivity contribution in [2.45, 2.75) is 59.3 Å². The third-order valence-electron chi connectivity index (χ3n) is 5.85. The van der Waals surface area contributed by atoms with Crippen molar-refractivity contribution >= 4 is 41.2 Å². The predicted octanol–water partition coefficient (Wildman–Crippen LogP) is 6.45. The standard InChI is InChI=1S/C28H33ClN2O5/c1-4-6-7-8-9-10-15-36-24-14-12-20(17-25(24)35-5-2)16-22-26(32)30-28(34)31(27(22)33)23-18-21(29)13-11-19(23)3/h11-14,16-18H,4-10,15H2,1-3H3,(H,30,32,34)/b22-16+. The maximum atomic E-state index is 13.2. The number of carbonyl (C=O) groups excluding carboxylic acids is 3. The van der Waals surface area contributed by atoms with Gasteiger partial charge in [-0.15, -0.1) is 0 Å². The molecule has 3 rings (SSSR count). The zero-order valence-corrected chi connectivity index (χ0v) is 21.8. The molecule has 2 aromatic carbocycles. The summed E-state index contributed by atoms with van der Waals surface area (Å²) in [5.74, 6) is -0.351. The highest BCUT2D eigenvalue weighted by Gasteiger charge is 2.37. The van der Waals surface area contributed by atoms with Gasteiger partial charge in [-0.05, 0) is 61.7 Å². The van der Waals surface area contributed by atoms with Gasteiger partial charge >= 0.3 is 6.03 Å². The van der Waals surface area contributed by atoms with E-state index in [9.17, 15) is 14.4 Å². The van der Waals surface area contributed by atoms with Crippen LogP contribution in [0, 0.1) is 6.92 Å². The Bertz CT molecular complexity index is 1140. The molecular formula is C28H33ClN2O5. The number of carbonyl (C=O) groups is 3. The molecule has 1 N–H and O–H groups in total. The fraction of sp³-hybridized carbons (Fsp3) is 0.393. The van der Waals surface area contributed by atoms with Crippen molar-refractivity contribution in [2.75, 3.05) is 18.1 Å². The van der Waals surface area contributed by atoms with Crippen LogP contribution in [0.3, 0.4) is 0 Å². The lowest BCUT2D eigenvalue weighted by Crippen LogP contribution is -2.54. The number of imide groups is 2. The Balaban J connectivity index is 1.79. The third-order valence-corrected chi connectivity index (χ3v) is 6.08. The monoisotopic (exact) mass is 512 g/mol. The van der Waals surface area contributed by atoms with Gasteiger partial charge in [-0.3, -0.25) is 14.9 Å². The van der Waals surface area contributed by atoms with Crippen LogP contribution in [-0.2, 0) is 9.59 Å². The number of anilines is 1. The van der Waals surface area contributed by atoms with Gasteiger partial charge in [0.2, 0.25) is 0 Å². The van der Waals surface area contributed by atoms with Gasteiger partial charge in [0, 0.05) is 5.02 Å². The molecule has 36 heavy (non-hydrogen) atoms. The number of unbranched alkanes of at least 4 members (excludes halogenated alkanes) is 5. The fourth-order valence-corrected chi connectivity index (χ4v) is 4.10. The molecule has 1 aliphatic heterocycles. The Labute approximate surface area is 217 Å². The molecule has 0 atom stereocenters. The number of benzene rings is 2. The van der Waals surface area contributed by atoms with Crippen LogP contribution in [-0.4, -0.2) is 31.1 Å². The molecule has 2 aromatic rings. The largest absolute Gasteiger partial charge is 0.490 e. The van der Waals surface area contributed by atoms with Gasteiger partial charge in [0.05, 0.1) is 18.9 Å². The first-order valence-electron chi connectivity index (χ1n) is 12.4. The molecule has 4 amide bonds. The second kappa shape index (κ2) is 13.1.